The molecule has 0 atom stereocenters. The largest absolute Gasteiger partial charge is 0.381 e. The fourth-order valence-corrected chi connectivity index (χ4v) is 4.60. The summed E-state index contributed by atoms with van der Waals surface area (Å²) in [6.45, 7) is 7.37. The molecule has 160 valence electrons. The van der Waals surface area contributed by atoms with E-state index in [9.17, 15) is 14.9 Å². The van der Waals surface area contributed by atoms with Gasteiger partial charge in [0.15, 0.2) is 0 Å². The van der Waals surface area contributed by atoms with E-state index in [-0.39, 0.29) is 17.9 Å². The molecule has 2 aliphatic rings. The van der Waals surface area contributed by atoms with Crippen LogP contribution in [0.25, 0.3) is 0 Å². The van der Waals surface area contributed by atoms with Gasteiger partial charge in [0.25, 0.3) is 5.91 Å². The van der Waals surface area contributed by atoms with E-state index in [0.717, 1.165) is 37.2 Å². The molecule has 0 unspecified atom stereocenters. The number of likely N-dealkylation sites (tertiary alicyclic amines) is 1. The monoisotopic (exact) mass is 417 g/mol. The average Bonchev–Trinajstić information content (AvgIpc) is 2.98. The Kier molecular flexibility index (Phi) is 5.40. The molecular weight excluding hydrogens is 390 g/mol. The molecule has 0 saturated carbocycles. The zero-order chi connectivity index (χ0) is 22.2. The normalized spacial score (nSPS) is 17.9. The number of benzene rings is 1. The van der Waals surface area contributed by atoms with Crippen molar-refractivity contribution < 1.29 is 9.59 Å². The molecule has 2 aliphatic heterocycles. The van der Waals surface area contributed by atoms with E-state index in [1.807, 2.05) is 31.7 Å². The van der Waals surface area contributed by atoms with Crippen LogP contribution in [0.2, 0.25) is 0 Å². The number of nitrogens with one attached hydrogen (secondary N) is 1. The number of rotatable bonds is 4. The summed E-state index contributed by atoms with van der Waals surface area (Å²) >= 11 is 0. The van der Waals surface area contributed by atoms with Gasteiger partial charge in [-0.3, -0.25) is 19.5 Å². The van der Waals surface area contributed by atoms with Crippen molar-refractivity contribution in [2.24, 2.45) is 0 Å². The van der Waals surface area contributed by atoms with Gasteiger partial charge in [-0.15, -0.1) is 0 Å². The van der Waals surface area contributed by atoms with Crippen LogP contribution in [0.3, 0.4) is 0 Å². The lowest BCUT2D eigenvalue weighted by molar-refractivity contribution is -0.131. The summed E-state index contributed by atoms with van der Waals surface area (Å²) < 4.78 is 0. The summed E-state index contributed by atoms with van der Waals surface area (Å²) in [6, 6.07) is 9.58. The second-order valence-electron chi connectivity index (χ2n) is 8.66. The SMILES string of the molecule is CCC(=O)N1CCC(Nc2cncc(N3C(=O)c4ccc(C#N)cc4C3(C)C)c2)CC1. The number of hydrogen-bond donors (Lipinski definition) is 1. The first-order valence-electron chi connectivity index (χ1n) is 10.7. The molecule has 1 fully saturated rings. The molecule has 31 heavy (non-hydrogen) atoms. The molecule has 3 heterocycles. The van der Waals surface area contributed by atoms with Crippen LogP contribution in [0.4, 0.5) is 11.4 Å². The Hall–Kier alpha value is -3.40. The van der Waals surface area contributed by atoms with Gasteiger partial charge < -0.3 is 10.2 Å². The van der Waals surface area contributed by atoms with Crippen molar-refractivity contribution in [3.05, 3.63) is 53.3 Å². The number of nitriles is 1. The maximum Gasteiger partial charge on any atom is 0.259 e. The molecule has 2 amide bonds. The van der Waals surface area contributed by atoms with Crippen LogP contribution in [0.1, 0.15) is 61.5 Å². The fourth-order valence-electron chi connectivity index (χ4n) is 4.60. The number of aromatic nitrogens is 1. The summed E-state index contributed by atoms with van der Waals surface area (Å²) in [5.74, 6) is 0.117. The lowest BCUT2D eigenvalue weighted by atomic mass is 9.92. The summed E-state index contributed by atoms with van der Waals surface area (Å²) in [5, 5.41) is 12.8. The molecule has 7 nitrogen and oxygen atoms in total. The highest BCUT2D eigenvalue weighted by Crippen LogP contribution is 2.42. The number of carbonyl (C=O) groups excluding carboxylic acids is 2. The van der Waals surface area contributed by atoms with Gasteiger partial charge in [-0.25, -0.2) is 0 Å². The van der Waals surface area contributed by atoms with Gasteiger partial charge in [0, 0.05) is 31.1 Å². The Balaban J connectivity index is 1.53. The fraction of sp³-hybridized carbons (Fsp3) is 0.417. The van der Waals surface area contributed by atoms with Crippen molar-refractivity contribution in [3.63, 3.8) is 0 Å². The smallest absolute Gasteiger partial charge is 0.259 e. The van der Waals surface area contributed by atoms with E-state index >= 15 is 0 Å². The number of amides is 2. The van der Waals surface area contributed by atoms with E-state index in [1.165, 1.54) is 0 Å². The van der Waals surface area contributed by atoms with E-state index in [2.05, 4.69) is 16.4 Å². The molecule has 0 bridgehead atoms. The van der Waals surface area contributed by atoms with Gasteiger partial charge in [0.05, 0.1) is 40.9 Å². The molecule has 4 rings (SSSR count). The van der Waals surface area contributed by atoms with Crippen molar-refractivity contribution >= 4 is 23.2 Å². The van der Waals surface area contributed by atoms with E-state index in [1.54, 1.807) is 35.5 Å². The molecule has 0 radical (unpaired) electrons. The quantitative estimate of drug-likeness (QED) is 0.820. The first kappa shape index (κ1) is 20.9. The third-order valence-electron chi connectivity index (χ3n) is 6.30. The van der Waals surface area contributed by atoms with Crippen molar-refractivity contribution in [3.8, 4) is 6.07 Å². The Bertz CT molecular complexity index is 1060. The summed E-state index contributed by atoms with van der Waals surface area (Å²) in [7, 11) is 0. The number of pyridine rings is 1. The van der Waals surface area contributed by atoms with Crippen LogP contribution in [-0.2, 0) is 10.3 Å². The number of hydrogen-bond acceptors (Lipinski definition) is 5. The molecule has 1 aromatic heterocycles. The third kappa shape index (κ3) is 3.74. The second kappa shape index (κ2) is 8.03. The van der Waals surface area contributed by atoms with Gasteiger partial charge in [-0.2, -0.15) is 5.26 Å². The molecule has 1 saturated heterocycles. The lowest BCUT2D eigenvalue weighted by Crippen LogP contribution is -2.42. The zero-order valence-electron chi connectivity index (χ0n) is 18.2. The van der Waals surface area contributed by atoms with Gasteiger partial charge in [-0.1, -0.05) is 6.92 Å². The van der Waals surface area contributed by atoms with Gasteiger partial charge in [0.2, 0.25) is 5.91 Å². The van der Waals surface area contributed by atoms with Crippen LogP contribution >= 0.6 is 0 Å². The number of nitrogens with zero attached hydrogens (tertiary/aromatic N) is 4. The third-order valence-corrected chi connectivity index (χ3v) is 6.30. The molecular formula is C24H27N5O2. The van der Waals surface area contributed by atoms with Crippen molar-refractivity contribution in [1.82, 2.24) is 9.88 Å². The minimum atomic E-state index is -0.592. The first-order chi connectivity index (χ1) is 14.8. The van der Waals surface area contributed by atoms with Crippen molar-refractivity contribution in [2.45, 2.75) is 51.6 Å². The Morgan fingerprint density at radius 2 is 2.00 bits per heavy atom. The van der Waals surface area contributed by atoms with Crippen LogP contribution in [-0.4, -0.2) is 40.8 Å². The van der Waals surface area contributed by atoms with Gasteiger partial charge in [-0.05, 0) is 56.5 Å². The van der Waals surface area contributed by atoms with Crippen LogP contribution < -0.4 is 10.2 Å². The molecule has 1 aromatic carbocycles. The molecule has 2 aromatic rings. The second-order valence-corrected chi connectivity index (χ2v) is 8.66. The standard InChI is InChI=1S/C24H27N5O2/c1-4-22(30)28-9-7-17(8-10-28)27-18-12-19(15-26-14-18)29-23(31)20-6-5-16(13-25)11-21(20)24(29,2)3/h5-6,11-12,14-15,17,27H,4,7-10H2,1-3H3. The topological polar surface area (TPSA) is 89.3 Å². The number of piperidine rings is 1. The zero-order valence-corrected chi connectivity index (χ0v) is 18.2. The number of carbonyl (C=O) groups is 2. The predicted octanol–water partition coefficient (Wildman–Crippen LogP) is 3.66. The summed E-state index contributed by atoms with van der Waals surface area (Å²) in [6.07, 6.45) is 5.77. The number of anilines is 2. The van der Waals surface area contributed by atoms with Crippen LogP contribution in [0, 0.1) is 11.3 Å². The average molecular weight is 418 g/mol. The highest BCUT2D eigenvalue weighted by molar-refractivity contribution is 6.12. The predicted molar refractivity (Wildman–Crippen MR) is 119 cm³/mol. The molecule has 7 heteroatoms. The summed E-state index contributed by atoms with van der Waals surface area (Å²) in [5.41, 5.74) is 3.00. The van der Waals surface area contributed by atoms with Gasteiger partial charge >= 0.3 is 0 Å². The van der Waals surface area contributed by atoms with Gasteiger partial charge in [0.1, 0.15) is 0 Å². The minimum Gasteiger partial charge on any atom is -0.381 e. The Morgan fingerprint density at radius 3 is 2.68 bits per heavy atom. The maximum atomic E-state index is 13.2. The number of fused-ring (bicyclic) bond motifs is 1. The molecule has 0 spiro atoms. The van der Waals surface area contributed by atoms with Crippen LogP contribution in [0.5, 0.6) is 0 Å². The molecule has 1 N–H and O–H groups in total. The van der Waals surface area contributed by atoms with Crippen LogP contribution in [0.15, 0.2) is 36.7 Å². The first-order valence-corrected chi connectivity index (χ1v) is 10.7. The lowest BCUT2D eigenvalue weighted by Gasteiger charge is -2.34. The minimum absolute atomic E-state index is 0.0881. The van der Waals surface area contributed by atoms with E-state index in [0.29, 0.717) is 23.2 Å². The highest BCUT2D eigenvalue weighted by Gasteiger charge is 2.44. The summed E-state index contributed by atoms with van der Waals surface area (Å²) in [4.78, 5) is 33.1. The Morgan fingerprint density at radius 1 is 1.26 bits per heavy atom. The Labute approximate surface area is 182 Å². The molecule has 0 aliphatic carbocycles. The van der Waals surface area contributed by atoms with Crippen molar-refractivity contribution in [1.29, 1.82) is 5.26 Å². The highest BCUT2D eigenvalue weighted by atomic mass is 16.2. The van der Waals surface area contributed by atoms with E-state index in [4.69, 9.17) is 0 Å². The maximum absolute atomic E-state index is 13.2. The van der Waals surface area contributed by atoms with E-state index < -0.39 is 5.54 Å². The van der Waals surface area contributed by atoms with Crippen molar-refractivity contribution in [2.75, 3.05) is 23.3 Å².